The maximum absolute atomic E-state index is 14.9. The van der Waals surface area contributed by atoms with Crippen LogP contribution in [0.25, 0.3) is 0 Å². The van der Waals surface area contributed by atoms with Gasteiger partial charge < -0.3 is 5.11 Å². The van der Waals surface area contributed by atoms with Crippen LogP contribution in [0.4, 0.5) is 4.39 Å². The Morgan fingerprint density at radius 2 is 1.95 bits per heavy atom. The fourth-order valence-corrected chi connectivity index (χ4v) is 6.53. The Morgan fingerprint density at radius 3 is 2.73 bits per heavy atom. The zero-order valence-corrected chi connectivity index (χ0v) is 13.6. The Balaban J connectivity index is 1.73. The molecule has 0 amide bonds. The van der Waals surface area contributed by atoms with Crippen molar-refractivity contribution in [2.24, 2.45) is 28.6 Å². The first-order valence-corrected chi connectivity index (χ1v) is 8.93. The monoisotopic (exact) mass is 306 g/mol. The lowest BCUT2D eigenvalue weighted by molar-refractivity contribution is -0.119. The van der Waals surface area contributed by atoms with Crippen LogP contribution >= 0.6 is 0 Å². The van der Waals surface area contributed by atoms with Crippen molar-refractivity contribution in [1.82, 2.24) is 0 Å². The number of carbonyl (C=O) groups excluding carboxylic acids is 1. The average Bonchev–Trinajstić information content (AvgIpc) is 2.77. The van der Waals surface area contributed by atoms with Crippen molar-refractivity contribution in [2.45, 2.75) is 71.1 Å². The van der Waals surface area contributed by atoms with E-state index < -0.39 is 6.17 Å². The second-order valence-corrected chi connectivity index (χ2v) is 8.70. The molecule has 4 rings (SSSR count). The first-order chi connectivity index (χ1) is 10.4. The van der Waals surface area contributed by atoms with Gasteiger partial charge in [0.2, 0.25) is 0 Å². The molecule has 0 unspecified atom stereocenters. The van der Waals surface area contributed by atoms with Crippen LogP contribution < -0.4 is 0 Å². The van der Waals surface area contributed by atoms with Crippen LogP contribution in [-0.2, 0) is 4.79 Å². The first kappa shape index (κ1) is 14.9. The lowest BCUT2D eigenvalue weighted by Crippen LogP contribution is -2.53. The maximum Gasteiger partial charge on any atom is 0.155 e. The van der Waals surface area contributed by atoms with Crippen LogP contribution in [0.1, 0.15) is 58.8 Å². The highest BCUT2D eigenvalue weighted by atomic mass is 19.1. The predicted molar refractivity (Wildman–Crippen MR) is 83.0 cm³/mol. The lowest BCUT2D eigenvalue weighted by Gasteiger charge is -2.58. The SMILES string of the molecule is C[C@]12CC[C@H]3[C@@H](C[C@H](F)C4=CC(=O)CC[C@@]43C)[C@@H]1CC[C@@H]2O. The van der Waals surface area contributed by atoms with Crippen LogP contribution in [-0.4, -0.2) is 23.2 Å². The van der Waals surface area contributed by atoms with Gasteiger partial charge in [0.25, 0.3) is 0 Å². The number of rotatable bonds is 0. The lowest BCUT2D eigenvalue weighted by atomic mass is 9.47. The van der Waals surface area contributed by atoms with E-state index in [2.05, 4.69) is 13.8 Å². The number of ketones is 1. The van der Waals surface area contributed by atoms with Crippen molar-refractivity contribution < 1.29 is 14.3 Å². The first-order valence-electron chi connectivity index (χ1n) is 8.93. The van der Waals surface area contributed by atoms with E-state index in [1.807, 2.05) is 0 Å². The van der Waals surface area contributed by atoms with Crippen LogP contribution in [0.3, 0.4) is 0 Å². The standard InChI is InChI=1S/C19H27FO2/c1-18-7-5-11(21)9-15(18)16(20)10-12-13-3-4-17(22)19(13,2)8-6-14(12)18/h9,12-14,16-17,22H,3-8,10H2,1-2H3/t12-,13-,14-,16-,17-,18+,19-/m0/s1. The molecule has 0 bridgehead atoms. The van der Waals surface area contributed by atoms with E-state index in [1.54, 1.807) is 6.08 Å². The van der Waals surface area contributed by atoms with Gasteiger partial charge in [-0.15, -0.1) is 0 Å². The van der Waals surface area contributed by atoms with E-state index in [0.29, 0.717) is 30.6 Å². The molecule has 0 spiro atoms. The van der Waals surface area contributed by atoms with Gasteiger partial charge >= 0.3 is 0 Å². The van der Waals surface area contributed by atoms with Gasteiger partial charge in [-0.25, -0.2) is 4.39 Å². The summed E-state index contributed by atoms with van der Waals surface area (Å²) in [7, 11) is 0. The normalized spacial score (nSPS) is 54.3. The van der Waals surface area contributed by atoms with Crippen molar-refractivity contribution >= 4 is 5.78 Å². The van der Waals surface area contributed by atoms with E-state index >= 15 is 0 Å². The second-order valence-electron chi connectivity index (χ2n) is 8.70. The molecule has 3 fully saturated rings. The molecule has 122 valence electrons. The molecule has 0 radical (unpaired) electrons. The van der Waals surface area contributed by atoms with Gasteiger partial charge in [-0.05, 0) is 78.8 Å². The number of aliphatic hydroxyl groups is 1. The number of carbonyl (C=O) groups is 1. The Morgan fingerprint density at radius 1 is 1.18 bits per heavy atom. The van der Waals surface area contributed by atoms with Crippen molar-refractivity contribution in [3.05, 3.63) is 11.6 Å². The van der Waals surface area contributed by atoms with Gasteiger partial charge in [-0.1, -0.05) is 13.8 Å². The summed E-state index contributed by atoms with van der Waals surface area (Å²) in [6, 6.07) is 0. The van der Waals surface area contributed by atoms with Crippen LogP contribution in [0.2, 0.25) is 0 Å². The van der Waals surface area contributed by atoms with Gasteiger partial charge in [-0.2, -0.15) is 0 Å². The third kappa shape index (κ3) is 1.78. The molecule has 0 aromatic heterocycles. The number of hydrogen-bond donors (Lipinski definition) is 1. The molecule has 0 aromatic rings. The average molecular weight is 306 g/mol. The minimum Gasteiger partial charge on any atom is -0.393 e. The topological polar surface area (TPSA) is 37.3 Å². The molecular formula is C19H27FO2. The molecule has 0 heterocycles. The second kappa shape index (κ2) is 4.66. The molecule has 4 aliphatic carbocycles. The van der Waals surface area contributed by atoms with E-state index in [4.69, 9.17) is 0 Å². The molecule has 3 heteroatoms. The number of hydrogen-bond acceptors (Lipinski definition) is 2. The Hall–Kier alpha value is -0.700. The number of aliphatic hydroxyl groups excluding tert-OH is 1. The van der Waals surface area contributed by atoms with E-state index in [0.717, 1.165) is 37.7 Å². The summed E-state index contributed by atoms with van der Waals surface area (Å²) in [6.45, 7) is 4.42. The summed E-state index contributed by atoms with van der Waals surface area (Å²) < 4.78 is 14.9. The minimum atomic E-state index is -0.962. The zero-order chi connectivity index (χ0) is 15.7. The highest BCUT2D eigenvalue weighted by Gasteiger charge is 2.60. The molecule has 3 saturated carbocycles. The fraction of sp³-hybridized carbons (Fsp3) is 0.842. The molecule has 0 aromatic carbocycles. The van der Waals surface area contributed by atoms with E-state index in [-0.39, 0.29) is 22.7 Å². The summed E-state index contributed by atoms with van der Waals surface area (Å²) >= 11 is 0. The highest BCUT2D eigenvalue weighted by molar-refractivity contribution is 5.91. The minimum absolute atomic E-state index is 0.0110. The Labute approximate surface area is 132 Å². The molecule has 0 saturated heterocycles. The van der Waals surface area contributed by atoms with Crippen LogP contribution in [0.5, 0.6) is 0 Å². The van der Waals surface area contributed by atoms with E-state index in [9.17, 15) is 14.3 Å². The molecular weight excluding hydrogens is 279 g/mol. The van der Waals surface area contributed by atoms with Gasteiger partial charge in [0.15, 0.2) is 5.78 Å². The van der Waals surface area contributed by atoms with Crippen molar-refractivity contribution in [1.29, 1.82) is 0 Å². The van der Waals surface area contributed by atoms with Crippen molar-refractivity contribution in [3.8, 4) is 0 Å². The number of allylic oxidation sites excluding steroid dienone is 1. The molecule has 2 nitrogen and oxygen atoms in total. The smallest absolute Gasteiger partial charge is 0.155 e. The number of alkyl halides is 1. The van der Waals surface area contributed by atoms with Gasteiger partial charge in [-0.3, -0.25) is 4.79 Å². The predicted octanol–water partition coefficient (Wildman–Crippen LogP) is 3.83. The quantitative estimate of drug-likeness (QED) is 0.738. The van der Waals surface area contributed by atoms with Gasteiger partial charge in [0, 0.05) is 6.42 Å². The van der Waals surface area contributed by atoms with E-state index in [1.165, 1.54) is 0 Å². The third-order valence-electron chi connectivity index (χ3n) is 7.89. The maximum atomic E-state index is 14.9. The summed E-state index contributed by atoms with van der Waals surface area (Å²) in [5, 5.41) is 10.4. The Bertz CT molecular complexity index is 542. The molecule has 4 aliphatic rings. The van der Waals surface area contributed by atoms with Crippen molar-refractivity contribution in [3.63, 3.8) is 0 Å². The zero-order valence-electron chi connectivity index (χ0n) is 13.6. The third-order valence-corrected chi connectivity index (χ3v) is 7.89. The summed E-state index contributed by atoms with van der Waals surface area (Å²) in [5.74, 6) is 1.42. The van der Waals surface area contributed by atoms with Gasteiger partial charge in [0.1, 0.15) is 6.17 Å². The van der Waals surface area contributed by atoms with Crippen molar-refractivity contribution in [2.75, 3.05) is 0 Å². The van der Waals surface area contributed by atoms with Crippen LogP contribution in [0.15, 0.2) is 11.6 Å². The number of fused-ring (bicyclic) bond motifs is 5. The fourth-order valence-electron chi connectivity index (χ4n) is 6.53. The summed E-state index contributed by atoms with van der Waals surface area (Å²) in [6.07, 6.45) is 6.43. The largest absolute Gasteiger partial charge is 0.393 e. The van der Waals surface area contributed by atoms with Gasteiger partial charge in [0.05, 0.1) is 6.10 Å². The number of halogens is 1. The van der Waals surface area contributed by atoms with Crippen LogP contribution in [0, 0.1) is 28.6 Å². The molecule has 1 N–H and O–H groups in total. The summed E-state index contributed by atoms with van der Waals surface area (Å²) in [4.78, 5) is 11.8. The molecule has 7 atom stereocenters. The highest BCUT2D eigenvalue weighted by Crippen LogP contribution is 2.65. The Kier molecular flexibility index (Phi) is 3.15. The summed E-state index contributed by atoms with van der Waals surface area (Å²) in [5.41, 5.74) is 0.640. The molecule has 0 aliphatic heterocycles. The molecule has 22 heavy (non-hydrogen) atoms.